The summed E-state index contributed by atoms with van der Waals surface area (Å²) in [4.78, 5) is 25.8. The lowest BCUT2D eigenvalue weighted by atomic mass is 9.86. The van der Waals surface area contributed by atoms with Crippen molar-refractivity contribution in [1.82, 2.24) is 0 Å². The molecule has 1 aromatic carbocycles. The Bertz CT molecular complexity index is 864. The number of ether oxygens (including phenoxy) is 2. The summed E-state index contributed by atoms with van der Waals surface area (Å²) in [5, 5.41) is 3.40. The lowest BCUT2D eigenvalue weighted by molar-refractivity contribution is -0.118. The molecular weight excluding hydrogens is 362 g/mol. The molecule has 0 radical (unpaired) electrons. The fourth-order valence-corrected chi connectivity index (χ4v) is 4.62. The molecule has 1 aromatic heterocycles. The molecule has 0 fully saturated rings. The van der Waals surface area contributed by atoms with Gasteiger partial charge in [-0.3, -0.25) is 4.79 Å². The summed E-state index contributed by atoms with van der Waals surface area (Å²) in [6, 6.07) is 7.73. The summed E-state index contributed by atoms with van der Waals surface area (Å²) in [5.41, 5.74) is 2.47. The van der Waals surface area contributed by atoms with Crippen LogP contribution in [0, 0.1) is 0 Å². The van der Waals surface area contributed by atoms with Crippen LogP contribution in [0.3, 0.4) is 0 Å². The van der Waals surface area contributed by atoms with Crippen molar-refractivity contribution in [2.45, 2.75) is 45.4 Å². The molecule has 1 aliphatic rings. The van der Waals surface area contributed by atoms with E-state index in [9.17, 15) is 9.59 Å². The molecule has 1 amide bonds. The predicted molar refractivity (Wildman–Crippen MR) is 107 cm³/mol. The largest absolute Gasteiger partial charge is 0.483 e. The number of anilines is 1. The molecule has 0 aliphatic heterocycles. The molecule has 0 bridgehead atoms. The number of carbonyl (C=O) groups is 2. The van der Waals surface area contributed by atoms with Crippen LogP contribution in [-0.2, 0) is 27.8 Å². The number of rotatable bonds is 5. The maximum atomic E-state index is 12.5. The van der Waals surface area contributed by atoms with E-state index in [0.29, 0.717) is 16.3 Å². The van der Waals surface area contributed by atoms with Crippen LogP contribution < -0.4 is 10.1 Å². The van der Waals surface area contributed by atoms with Crippen molar-refractivity contribution in [1.29, 1.82) is 0 Å². The van der Waals surface area contributed by atoms with Gasteiger partial charge in [0.25, 0.3) is 5.91 Å². The Morgan fingerprint density at radius 1 is 1.19 bits per heavy atom. The number of aryl methyl sites for hydroxylation is 1. The second-order valence-corrected chi connectivity index (χ2v) is 8.74. The third-order valence-electron chi connectivity index (χ3n) is 4.62. The van der Waals surface area contributed by atoms with E-state index >= 15 is 0 Å². The van der Waals surface area contributed by atoms with Crippen LogP contribution in [0.1, 0.15) is 53.6 Å². The monoisotopic (exact) mass is 387 g/mol. The molecule has 1 heterocycles. The molecule has 3 rings (SSSR count). The minimum atomic E-state index is -0.399. The maximum absolute atomic E-state index is 12.5. The summed E-state index contributed by atoms with van der Waals surface area (Å²) >= 11 is 1.46. The summed E-state index contributed by atoms with van der Waals surface area (Å²) in [7, 11) is 1.36. The van der Waals surface area contributed by atoms with E-state index in [1.807, 2.05) is 24.3 Å². The zero-order chi connectivity index (χ0) is 19.6. The fraction of sp³-hybridized carbons (Fsp3) is 0.429. The van der Waals surface area contributed by atoms with Crippen LogP contribution in [-0.4, -0.2) is 25.6 Å². The highest BCUT2D eigenvalue weighted by molar-refractivity contribution is 7.17. The standard InChI is InChI=1S/C21H25NO4S/c1-21(2,3)14-9-5-6-10-15(14)26-12-17(23)22-19-18(20(24)25-4)13-8-7-11-16(13)27-19/h5-6,9-10H,7-8,11-12H2,1-4H3,(H,22,23). The summed E-state index contributed by atoms with van der Waals surface area (Å²) in [6.07, 6.45) is 2.82. The van der Waals surface area contributed by atoms with Gasteiger partial charge in [-0.15, -0.1) is 11.3 Å². The molecule has 5 nitrogen and oxygen atoms in total. The molecular formula is C21H25NO4S. The highest BCUT2D eigenvalue weighted by Crippen LogP contribution is 2.39. The molecule has 0 atom stereocenters. The number of benzene rings is 1. The molecule has 0 unspecified atom stereocenters. The first-order chi connectivity index (χ1) is 12.8. The Labute approximate surface area is 163 Å². The van der Waals surface area contributed by atoms with Gasteiger partial charge >= 0.3 is 5.97 Å². The first kappa shape index (κ1) is 19.4. The number of nitrogens with one attached hydrogen (secondary N) is 1. The van der Waals surface area contributed by atoms with Crippen LogP contribution in [0.15, 0.2) is 24.3 Å². The number of methoxy groups -OCH3 is 1. The van der Waals surface area contributed by atoms with Gasteiger partial charge in [0.15, 0.2) is 6.61 Å². The molecule has 0 spiro atoms. The normalized spacial score (nSPS) is 13.2. The van der Waals surface area contributed by atoms with Gasteiger partial charge < -0.3 is 14.8 Å². The number of para-hydroxylation sites is 1. The van der Waals surface area contributed by atoms with Gasteiger partial charge in [0.2, 0.25) is 0 Å². The number of thiophene rings is 1. The molecule has 6 heteroatoms. The van der Waals surface area contributed by atoms with Gasteiger partial charge in [0, 0.05) is 4.88 Å². The van der Waals surface area contributed by atoms with Gasteiger partial charge in [-0.25, -0.2) is 4.79 Å². The first-order valence-corrected chi connectivity index (χ1v) is 9.88. The van der Waals surface area contributed by atoms with Crippen molar-refractivity contribution in [3.8, 4) is 5.75 Å². The van der Waals surface area contributed by atoms with E-state index in [4.69, 9.17) is 9.47 Å². The number of esters is 1. The predicted octanol–water partition coefficient (Wildman–Crippen LogP) is 4.34. The van der Waals surface area contributed by atoms with Gasteiger partial charge in [-0.2, -0.15) is 0 Å². The van der Waals surface area contributed by atoms with Crippen LogP contribution in [0.2, 0.25) is 0 Å². The third kappa shape index (κ3) is 4.16. The van der Waals surface area contributed by atoms with E-state index in [2.05, 4.69) is 26.1 Å². The second kappa shape index (κ2) is 7.72. The van der Waals surface area contributed by atoms with Crippen molar-refractivity contribution in [2.24, 2.45) is 0 Å². The summed E-state index contributed by atoms with van der Waals surface area (Å²) in [5.74, 6) is 0.00880. The number of fused-ring (bicyclic) bond motifs is 1. The Hall–Kier alpha value is -2.34. The van der Waals surface area contributed by atoms with Crippen LogP contribution in [0.5, 0.6) is 5.75 Å². The number of amides is 1. The molecule has 2 aromatic rings. The quantitative estimate of drug-likeness (QED) is 0.775. The van der Waals surface area contributed by atoms with Gasteiger partial charge in [0.1, 0.15) is 10.8 Å². The smallest absolute Gasteiger partial charge is 0.341 e. The van der Waals surface area contributed by atoms with Crippen molar-refractivity contribution in [3.63, 3.8) is 0 Å². The lowest BCUT2D eigenvalue weighted by Crippen LogP contribution is -2.22. The number of carbonyl (C=O) groups excluding carboxylic acids is 2. The SMILES string of the molecule is COC(=O)c1c(NC(=O)COc2ccccc2C(C)(C)C)sc2c1CCC2. The Balaban J connectivity index is 1.72. The van der Waals surface area contributed by atoms with E-state index in [1.165, 1.54) is 18.4 Å². The Morgan fingerprint density at radius 3 is 2.63 bits per heavy atom. The van der Waals surface area contributed by atoms with E-state index in [-0.39, 0.29) is 17.9 Å². The summed E-state index contributed by atoms with van der Waals surface area (Å²) < 4.78 is 10.7. The zero-order valence-corrected chi connectivity index (χ0v) is 17.0. The molecule has 1 aliphatic carbocycles. The van der Waals surface area contributed by atoms with Crippen molar-refractivity contribution < 1.29 is 19.1 Å². The molecule has 0 saturated heterocycles. The maximum Gasteiger partial charge on any atom is 0.341 e. The summed E-state index contributed by atoms with van der Waals surface area (Å²) in [6.45, 7) is 6.19. The van der Waals surface area contributed by atoms with Crippen LogP contribution in [0.4, 0.5) is 5.00 Å². The van der Waals surface area contributed by atoms with Crippen molar-refractivity contribution in [2.75, 3.05) is 19.0 Å². The second-order valence-electron chi connectivity index (χ2n) is 7.64. The minimum absolute atomic E-state index is 0.0837. The number of hydrogen-bond donors (Lipinski definition) is 1. The molecule has 27 heavy (non-hydrogen) atoms. The van der Waals surface area contributed by atoms with Gasteiger partial charge in [-0.05, 0) is 41.9 Å². The molecule has 0 saturated carbocycles. The van der Waals surface area contributed by atoms with Crippen LogP contribution in [0.25, 0.3) is 0 Å². The highest BCUT2D eigenvalue weighted by atomic mass is 32.1. The average Bonchev–Trinajstić information content (AvgIpc) is 3.19. The molecule has 144 valence electrons. The van der Waals surface area contributed by atoms with Gasteiger partial charge in [0.05, 0.1) is 12.7 Å². The van der Waals surface area contributed by atoms with Crippen molar-refractivity contribution in [3.05, 3.63) is 45.8 Å². The van der Waals surface area contributed by atoms with E-state index in [0.717, 1.165) is 35.3 Å². The Morgan fingerprint density at radius 2 is 1.93 bits per heavy atom. The van der Waals surface area contributed by atoms with E-state index < -0.39 is 5.97 Å². The Kier molecular flexibility index (Phi) is 5.56. The fourth-order valence-electron chi connectivity index (χ4n) is 3.33. The zero-order valence-electron chi connectivity index (χ0n) is 16.2. The lowest BCUT2D eigenvalue weighted by Gasteiger charge is -2.22. The number of hydrogen-bond acceptors (Lipinski definition) is 5. The third-order valence-corrected chi connectivity index (χ3v) is 5.82. The van der Waals surface area contributed by atoms with E-state index in [1.54, 1.807) is 0 Å². The average molecular weight is 388 g/mol. The van der Waals surface area contributed by atoms with Crippen LogP contribution >= 0.6 is 11.3 Å². The van der Waals surface area contributed by atoms with Crippen molar-refractivity contribution >= 4 is 28.2 Å². The first-order valence-electron chi connectivity index (χ1n) is 9.06. The molecule has 1 N–H and O–H groups in total. The highest BCUT2D eigenvalue weighted by Gasteiger charge is 2.28. The minimum Gasteiger partial charge on any atom is -0.483 e. The topological polar surface area (TPSA) is 64.6 Å². The van der Waals surface area contributed by atoms with Gasteiger partial charge in [-0.1, -0.05) is 39.0 Å².